The second kappa shape index (κ2) is 8.83. The number of rotatable bonds is 5. The number of pyridine rings is 1. The quantitative estimate of drug-likeness (QED) is 0.747. The van der Waals surface area contributed by atoms with E-state index in [0.717, 1.165) is 10.4 Å². The highest BCUT2D eigenvalue weighted by Gasteiger charge is 2.37. The van der Waals surface area contributed by atoms with E-state index < -0.39 is 33.6 Å². The van der Waals surface area contributed by atoms with E-state index >= 15 is 0 Å². The topological polar surface area (TPSA) is 82.6 Å². The normalized spacial score (nSPS) is 17.6. The Hall–Kier alpha value is -2.66. The molecule has 1 N–H and O–H groups in total. The molecule has 0 radical (unpaired) electrons. The van der Waals surface area contributed by atoms with E-state index in [1.54, 1.807) is 12.1 Å². The van der Waals surface area contributed by atoms with Crippen molar-refractivity contribution in [2.24, 2.45) is 5.92 Å². The van der Waals surface area contributed by atoms with Crippen molar-refractivity contribution in [1.29, 1.82) is 0 Å². The molecule has 3 rings (SSSR count). The summed E-state index contributed by atoms with van der Waals surface area (Å²) in [5, 5.41) is 2.64. The van der Waals surface area contributed by atoms with Gasteiger partial charge >= 0.3 is 6.18 Å². The maximum Gasteiger partial charge on any atom is 0.419 e. The number of carbonyl (C=O) groups is 1. The number of carbonyl (C=O) groups excluding carboxylic acids is 1. The number of hydrogen-bond acceptors (Lipinski definition) is 5. The average Bonchev–Trinajstić information content (AvgIpc) is 2.73. The number of hydrogen-bond donors (Lipinski definition) is 1. The van der Waals surface area contributed by atoms with E-state index in [9.17, 15) is 26.4 Å². The molecule has 0 aliphatic carbocycles. The number of piperidine rings is 1. The summed E-state index contributed by atoms with van der Waals surface area (Å²) in [6.07, 6.45) is -2.29. The molecule has 11 heteroatoms. The molecule has 31 heavy (non-hydrogen) atoms. The smallest absolute Gasteiger partial charge is 0.355 e. The van der Waals surface area contributed by atoms with E-state index in [1.165, 1.54) is 43.4 Å². The third-order valence-corrected chi connectivity index (χ3v) is 6.96. The molecule has 1 unspecified atom stereocenters. The number of para-hydroxylation sites is 1. The zero-order chi connectivity index (χ0) is 22.8. The van der Waals surface area contributed by atoms with E-state index in [1.807, 2.05) is 0 Å². The third kappa shape index (κ3) is 4.99. The van der Waals surface area contributed by atoms with Gasteiger partial charge in [0.05, 0.1) is 17.2 Å². The van der Waals surface area contributed by atoms with Gasteiger partial charge in [-0.3, -0.25) is 4.79 Å². The van der Waals surface area contributed by atoms with Crippen LogP contribution in [0.1, 0.15) is 18.4 Å². The van der Waals surface area contributed by atoms with Gasteiger partial charge in [-0.25, -0.2) is 17.7 Å². The van der Waals surface area contributed by atoms with E-state index in [4.69, 9.17) is 0 Å². The van der Waals surface area contributed by atoms with Crippen LogP contribution in [0.5, 0.6) is 0 Å². The van der Waals surface area contributed by atoms with Gasteiger partial charge in [0.1, 0.15) is 10.7 Å². The summed E-state index contributed by atoms with van der Waals surface area (Å²) < 4.78 is 66.2. The fourth-order valence-electron chi connectivity index (χ4n) is 3.48. The van der Waals surface area contributed by atoms with E-state index in [0.29, 0.717) is 19.4 Å². The van der Waals surface area contributed by atoms with Crippen LogP contribution in [0.3, 0.4) is 0 Å². The minimum Gasteiger partial charge on any atom is -0.355 e. The predicted octanol–water partition coefficient (Wildman–Crippen LogP) is 3.21. The zero-order valence-corrected chi connectivity index (χ0v) is 17.9. The molecule has 0 bridgehead atoms. The Morgan fingerprint density at radius 3 is 2.58 bits per heavy atom. The van der Waals surface area contributed by atoms with Gasteiger partial charge in [0.15, 0.2) is 0 Å². The monoisotopic (exact) mass is 456 g/mol. The first-order valence-electron chi connectivity index (χ1n) is 9.61. The highest BCUT2D eigenvalue weighted by atomic mass is 32.2. The maximum atomic E-state index is 13.4. The van der Waals surface area contributed by atoms with E-state index in [2.05, 4.69) is 10.3 Å². The molecule has 0 saturated carbocycles. The zero-order valence-electron chi connectivity index (χ0n) is 17.1. The molecule has 2 heterocycles. The molecular formula is C20H23F3N4O3S. The van der Waals surface area contributed by atoms with Crippen LogP contribution in [0.4, 0.5) is 24.7 Å². The van der Waals surface area contributed by atoms with Gasteiger partial charge in [0, 0.05) is 33.4 Å². The first-order chi connectivity index (χ1) is 14.5. The van der Waals surface area contributed by atoms with Crippen LogP contribution in [0, 0.1) is 5.92 Å². The SMILES string of the molecule is CN(C)S(=O)(=O)c1ccccc1NC(=O)C1CCCN(c2ncccc2C(F)(F)F)C1. The van der Waals surface area contributed by atoms with Crippen molar-refractivity contribution in [3.63, 3.8) is 0 Å². The number of aromatic nitrogens is 1. The molecule has 2 aromatic rings. The molecule has 1 amide bonds. The Bertz CT molecular complexity index is 1060. The fourth-order valence-corrected chi connectivity index (χ4v) is 4.52. The van der Waals surface area contributed by atoms with Crippen molar-refractivity contribution in [2.45, 2.75) is 23.9 Å². The lowest BCUT2D eigenvalue weighted by atomic mass is 9.96. The summed E-state index contributed by atoms with van der Waals surface area (Å²) in [6, 6.07) is 8.21. The number of sulfonamides is 1. The Balaban J connectivity index is 1.82. The second-order valence-corrected chi connectivity index (χ2v) is 9.55. The highest BCUT2D eigenvalue weighted by molar-refractivity contribution is 7.89. The van der Waals surface area contributed by atoms with Crippen molar-refractivity contribution in [2.75, 3.05) is 37.4 Å². The maximum absolute atomic E-state index is 13.4. The van der Waals surface area contributed by atoms with Crippen LogP contribution in [0.25, 0.3) is 0 Å². The number of alkyl halides is 3. The largest absolute Gasteiger partial charge is 0.419 e. The summed E-state index contributed by atoms with van der Waals surface area (Å²) >= 11 is 0. The lowest BCUT2D eigenvalue weighted by Crippen LogP contribution is -2.42. The molecule has 1 aromatic carbocycles. The molecule has 1 aliphatic heterocycles. The van der Waals surface area contributed by atoms with E-state index in [-0.39, 0.29) is 22.9 Å². The standard InChI is InChI=1S/C20H23F3N4O3S/c1-26(2)31(29,30)17-10-4-3-9-16(17)25-19(28)14-7-6-12-27(13-14)18-15(20(21,22)23)8-5-11-24-18/h3-5,8-11,14H,6-7,12-13H2,1-2H3,(H,25,28). The Morgan fingerprint density at radius 2 is 1.90 bits per heavy atom. The lowest BCUT2D eigenvalue weighted by Gasteiger charge is -2.34. The van der Waals surface area contributed by atoms with Crippen molar-refractivity contribution >= 4 is 27.4 Å². The van der Waals surface area contributed by atoms with Crippen LogP contribution >= 0.6 is 0 Å². The molecule has 0 spiro atoms. The summed E-state index contributed by atoms with van der Waals surface area (Å²) in [5.41, 5.74) is -0.717. The van der Waals surface area contributed by atoms with Gasteiger partial charge in [-0.1, -0.05) is 12.1 Å². The van der Waals surface area contributed by atoms with Crippen LogP contribution in [0.15, 0.2) is 47.5 Å². The summed E-state index contributed by atoms with van der Waals surface area (Å²) in [7, 11) is -1.01. The van der Waals surface area contributed by atoms with Crippen molar-refractivity contribution in [1.82, 2.24) is 9.29 Å². The fraction of sp³-hybridized carbons (Fsp3) is 0.400. The Morgan fingerprint density at radius 1 is 1.19 bits per heavy atom. The second-order valence-electron chi connectivity index (χ2n) is 7.43. The van der Waals surface area contributed by atoms with Gasteiger partial charge in [-0.15, -0.1) is 0 Å². The van der Waals surface area contributed by atoms with Gasteiger partial charge < -0.3 is 10.2 Å². The summed E-state index contributed by atoms with van der Waals surface area (Å²) in [6.45, 7) is 0.393. The van der Waals surface area contributed by atoms with Crippen LogP contribution in [-0.2, 0) is 21.0 Å². The Labute approximate surface area is 178 Å². The molecule has 1 aromatic heterocycles. The number of nitrogens with one attached hydrogen (secondary N) is 1. The molecule has 1 atom stereocenters. The van der Waals surface area contributed by atoms with Crippen molar-refractivity contribution < 1.29 is 26.4 Å². The molecule has 1 aliphatic rings. The number of nitrogens with zero attached hydrogens (tertiary/aromatic N) is 3. The summed E-state index contributed by atoms with van der Waals surface area (Å²) in [5.74, 6) is -1.27. The van der Waals surface area contributed by atoms with Crippen LogP contribution in [-0.4, -0.2) is 50.8 Å². The van der Waals surface area contributed by atoms with Gasteiger partial charge in [0.2, 0.25) is 15.9 Å². The number of amides is 1. The molecule has 1 saturated heterocycles. The number of halogens is 3. The van der Waals surface area contributed by atoms with Gasteiger partial charge in [0.25, 0.3) is 0 Å². The van der Waals surface area contributed by atoms with Crippen molar-refractivity contribution in [3.05, 3.63) is 48.2 Å². The van der Waals surface area contributed by atoms with Crippen LogP contribution < -0.4 is 10.2 Å². The number of anilines is 2. The molecular weight excluding hydrogens is 433 g/mol. The predicted molar refractivity (Wildman–Crippen MR) is 110 cm³/mol. The molecule has 7 nitrogen and oxygen atoms in total. The van der Waals surface area contributed by atoms with Gasteiger partial charge in [-0.05, 0) is 37.1 Å². The van der Waals surface area contributed by atoms with Crippen LogP contribution in [0.2, 0.25) is 0 Å². The lowest BCUT2D eigenvalue weighted by molar-refractivity contribution is -0.137. The Kier molecular flexibility index (Phi) is 6.56. The van der Waals surface area contributed by atoms with Crippen molar-refractivity contribution in [3.8, 4) is 0 Å². The third-order valence-electron chi connectivity index (χ3n) is 5.09. The minimum absolute atomic E-state index is 0.0501. The average molecular weight is 456 g/mol. The molecule has 168 valence electrons. The summed E-state index contributed by atoms with van der Waals surface area (Å²) in [4.78, 5) is 18.2. The minimum atomic E-state index is -4.56. The highest BCUT2D eigenvalue weighted by Crippen LogP contribution is 2.36. The van der Waals surface area contributed by atoms with Gasteiger partial charge in [-0.2, -0.15) is 13.2 Å². The first-order valence-corrected chi connectivity index (χ1v) is 11.1. The number of benzene rings is 1. The first kappa shape index (κ1) is 23.0. The molecule has 1 fully saturated rings.